The number of ether oxygens (including phenoxy) is 1. The summed E-state index contributed by atoms with van der Waals surface area (Å²) in [5.74, 6) is 0. The predicted octanol–water partition coefficient (Wildman–Crippen LogP) is 3.86. The van der Waals surface area contributed by atoms with Crippen molar-refractivity contribution in [1.82, 2.24) is 0 Å². The normalized spacial score (nSPS) is 22.9. The van der Waals surface area contributed by atoms with Crippen molar-refractivity contribution < 1.29 is 40.3 Å². The standard InChI is InChI=1S/3C5H5.C4H8O.La/c4*1-2-4-5-3-1;/h3*1-5H;1-4H2;. The Bertz CT molecular complexity index is 98.0. The van der Waals surface area contributed by atoms with E-state index in [1.165, 1.54) is 12.8 Å². The van der Waals surface area contributed by atoms with Crippen LogP contribution in [0.5, 0.6) is 0 Å². The third kappa shape index (κ3) is 17.3. The first-order valence-corrected chi connectivity index (χ1v) is 7.08. The molecule has 0 spiro atoms. The van der Waals surface area contributed by atoms with E-state index >= 15 is 0 Å². The SMILES string of the molecule is C1CCOC1.[CH]1[CH][CH][CH][CH]1.[CH]1[CH][CH][CH][CH]1.[CH]1[CH][CH][CH][CH]1.[La]. The van der Waals surface area contributed by atoms with Crippen molar-refractivity contribution in [2.24, 2.45) is 0 Å². The molecule has 3 saturated carbocycles. The fourth-order valence-electron chi connectivity index (χ4n) is 1.47. The van der Waals surface area contributed by atoms with E-state index in [4.69, 9.17) is 4.74 Å². The first-order valence-electron chi connectivity index (χ1n) is 7.08. The Balaban J connectivity index is 0.000000250. The summed E-state index contributed by atoms with van der Waals surface area (Å²) < 4.78 is 4.94. The quantitative estimate of drug-likeness (QED) is 0.594. The molecule has 21 heavy (non-hydrogen) atoms. The molecule has 108 valence electrons. The van der Waals surface area contributed by atoms with Crippen molar-refractivity contribution >= 4 is 0 Å². The minimum Gasteiger partial charge on any atom is -0.381 e. The van der Waals surface area contributed by atoms with Gasteiger partial charge in [-0.3, -0.25) is 0 Å². The Hall–Kier alpha value is 1.15. The van der Waals surface area contributed by atoms with Crippen molar-refractivity contribution in [1.29, 1.82) is 0 Å². The summed E-state index contributed by atoms with van der Waals surface area (Å²) in [6.45, 7) is 2.00. The molecule has 0 aromatic heterocycles. The molecule has 0 aromatic rings. The summed E-state index contributed by atoms with van der Waals surface area (Å²) in [5.41, 5.74) is 0. The average molecular weight is 406 g/mol. The van der Waals surface area contributed by atoms with Crippen molar-refractivity contribution in [2.45, 2.75) is 12.8 Å². The molecule has 1 saturated heterocycles. The minimum absolute atomic E-state index is 0. The van der Waals surface area contributed by atoms with Crippen LogP contribution in [-0.2, 0) is 4.74 Å². The fraction of sp³-hybridized carbons (Fsp3) is 0.211. The van der Waals surface area contributed by atoms with Gasteiger partial charge >= 0.3 is 0 Å². The van der Waals surface area contributed by atoms with Gasteiger partial charge < -0.3 is 4.74 Å². The molecule has 1 nitrogen and oxygen atoms in total. The second-order valence-electron chi connectivity index (χ2n) is 4.21. The van der Waals surface area contributed by atoms with Crippen molar-refractivity contribution in [3.8, 4) is 0 Å². The molecule has 0 amide bonds. The Labute approximate surface area is 162 Å². The maximum atomic E-state index is 4.94. The van der Waals surface area contributed by atoms with Crippen LogP contribution in [0.15, 0.2) is 0 Å². The van der Waals surface area contributed by atoms with Gasteiger partial charge in [-0.05, 0) is 109 Å². The number of rotatable bonds is 0. The Morgan fingerprint density at radius 1 is 0.381 bits per heavy atom. The first-order chi connectivity index (χ1) is 10.0. The molecule has 16 radical (unpaired) electrons. The van der Waals surface area contributed by atoms with Crippen LogP contribution in [0.25, 0.3) is 0 Å². The summed E-state index contributed by atoms with van der Waals surface area (Å²) in [6.07, 6.45) is 32.6. The summed E-state index contributed by atoms with van der Waals surface area (Å²) >= 11 is 0. The van der Waals surface area contributed by atoms with Crippen LogP contribution in [0.4, 0.5) is 0 Å². The van der Waals surface area contributed by atoms with E-state index in [2.05, 4.69) is 0 Å². The zero-order valence-corrected chi connectivity index (χ0v) is 16.1. The van der Waals surface area contributed by atoms with Crippen molar-refractivity contribution in [3.05, 3.63) is 96.3 Å². The van der Waals surface area contributed by atoms with E-state index in [-0.39, 0.29) is 35.6 Å². The third-order valence-electron chi connectivity index (χ3n) is 2.49. The topological polar surface area (TPSA) is 9.23 Å². The van der Waals surface area contributed by atoms with Crippen molar-refractivity contribution in [3.63, 3.8) is 0 Å². The van der Waals surface area contributed by atoms with E-state index in [1.54, 1.807) is 0 Å². The summed E-state index contributed by atoms with van der Waals surface area (Å²) in [7, 11) is 0. The van der Waals surface area contributed by atoms with Crippen LogP contribution in [0, 0.1) is 132 Å². The second kappa shape index (κ2) is 19.2. The van der Waals surface area contributed by atoms with Crippen molar-refractivity contribution in [2.75, 3.05) is 13.2 Å². The number of hydrogen-bond acceptors (Lipinski definition) is 1. The van der Waals surface area contributed by atoms with Gasteiger partial charge in [0.1, 0.15) is 0 Å². The minimum atomic E-state index is 0. The molecule has 0 atom stereocenters. The summed E-state index contributed by atoms with van der Waals surface area (Å²) in [6, 6.07) is 0. The van der Waals surface area contributed by atoms with E-state index in [9.17, 15) is 0 Å². The molecular formula is C19H23LaO. The predicted molar refractivity (Wildman–Crippen MR) is 84.6 cm³/mol. The van der Waals surface area contributed by atoms with Crippen LogP contribution >= 0.6 is 0 Å². The molecule has 2 heteroatoms. The summed E-state index contributed by atoms with van der Waals surface area (Å²) in [5, 5.41) is 0. The maximum absolute atomic E-state index is 4.94. The van der Waals surface area contributed by atoms with Crippen LogP contribution in [0.2, 0.25) is 0 Å². The monoisotopic (exact) mass is 406 g/mol. The molecule has 4 aliphatic rings. The fourth-order valence-corrected chi connectivity index (χ4v) is 1.47. The van der Waals surface area contributed by atoms with Gasteiger partial charge in [-0.1, -0.05) is 0 Å². The van der Waals surface area contributed by atoms with Gasteiger partial charge in [-0.2, -0.15) is 0 Å². The molecule has 1 heterocycles. The van der Waals surface area contributed by atoms with E-state index in [0.29, 0.717) is 0 Å². The maximum Gasteiger partial charge on any atom is 0.0466 e. The largest absolute Gasteiger partial charge is 0.381 e. The zero-order valence-electron chi connectivity index (χ0n) is 12.5. The van der Waals surface area contributed by atoms with Crippen LogP contribution in [0.1, 0.15) is 12.8 Å². The second-order valence-corrected chi connectivity index (χ2v) is 4.21. The van der Waals surface area contributed by atoms with Crippen LogP contribution in [0.3, 0.4) is 0 Å². The Morgan fingerprint density at radius 3 is 0.667 bits per heavy atom. The van der Waals surface area contributed by atoms with Gasteiger partial charge in [0, 0.05) is 48.8 Å². The van der Waals surface area contributed by atoms with Gasteiger partial charge in [0.15, 0.2) is 0 Å². The van der Waals surface area contributed by atoms with Gasteiger partial charge in [-0.15, -0.1) is 0 Å². The molecule has 1 aliphatic heterocycles. The molecule has 0 N–H and O–H groups in total. The number of hydrogen-bond donors (Lipinski definition) is 0. The molecule has 0 unspecified atom stereocenters. The van der Waals surface area contributed by atoms with Gasteiger partial charge in [-0.25, -0.2) is 0 Å². The Kier molecular flexibility index (Phi) is 20.3. The Morgan fingerprint density at radius 2 is 0.571 bits per heavy atom. The third-order valence-corrected chi connectivity index (χ3v) is 2.49. The van der Waals surface area contributed by atoms with Crippen LogP contribution in [-0.4, -0.2) is 13.2 Å². The van der Waals surface area contributed by atoms with Gasteiger partial charge in [0.05, 0.1) is 0 Å². The smallest absolute Gasteiger partial charge is 0.0466 e. The zero-order chi connectivity index (χ0) is 14.1. The van der Waals surface area contributed by atoms with Gasteiger partial charge in [0.25, 0.3) is 0 Å². The molecule has 0 aromatic carbocycles. The van der Waals surface area contributed by atoms with E-state index < -0.39 is 0 Å². The van der Waals surface area contributed by atoms with Crippen LogP contribution < -0.4 is 0 Å². The first kappa shape index (κ1) is 22.2. The average Bonchev–Trinajstić information content (AvgIpc) is 3.40. The summed E-state index contributed by atoms with van der Waals surface area (Å²) in [4.78, 5) is 0. The molecule has 4 rings (SSSR count). The molecular weight excluding hydrogens is 383 g/mol. The van der Waals surface area contributed by atoms with Gasteiger partial charge in [0.2, 0.25) is 0 Å². The molecule has 4 fully saturated rings. The van der Waals surface area contributed by atoms with E-state index in [0.717, 1.165) is 13.2 Å². The molecule has 0 bridgehead atoms. The molecule has 3 aliphatic carbocycles. The van der Waals surface area contributed by atoms with E-state index in [1.807, 2.05) is 96.3 Å².